The fourth-order valence-corrected chi connectivity index (χ4v) is 2.81. The lowest BCUT2D eigenvalue weighted by Gasteiger charge is -2.24. The highest BCUT2D eigenvalue weighted by atomic mass is 32.2. The van der Waals surface area contributed by atoms with Crippen molar-refractivity contribution in [2.45, 2.75) is 52.3 Å². The molecule has 0 saturated heterocycles. The normalized spacial score (nSPS) is 17.1. The smallest absolute Gasteiger partial charge is 0.152 e. The standard InChI is InChI=1S/C11H25NO2S/c1-8(2)11(10(5)12)6-7-15(13,14)9(3)4/h8-11H,6-7,12H2,1-5H3. The summed E-state index contributed by atoms with van der Waals surface area (Å²) in [5, 5.41) is -0.279. The van der Waals surface area contributed by atoms with Gasteiger partial charge in [0.2, 0.25) is 0 Å². The molecule has 0 aliphatic carbocycles. The minimum Gasteiger partial charge on any atom is -0.328 e. The Kier molecular flexibility index (Phi) is 5.81. The lowest BCUT2D eigenvalue weighted by atomic mass is 9.88. The Balaban J connectivity index is 4.36. The molecule has 0 radical (unpaired) electrons. The first-order valence-electron chi connectivity index (χ1n) is 5.65. The van der Waals surface area contributed by atoms with Crippen LogP contribution in [0.3, 0.4) is 0 Å². The van der Waals surface area contributed by atoms with Crippen molar-refractivity contribution in [3.63, 3.8) is 0 Å². The monoisotopic (exact) mass is 235 g/mol. The molecule has 0 spiro atoms. The molecule has 2 atom stereocenters. The molecule has 0 bridgehead atoms. The maximum atomic E-state index is 11.6. The van der Waals surface area contributed by atoms with Gasteiger partial charge in [-0.05, 0) is 39.0 Å². The molecular weight excluding hydrogens is 210 g/mol. The van der Waals surface area contributed by atoms with Gasteiger partial charge in [0.1, 0.15) is 0 Å². The van der Waals surface area contributed by atoms with E-state index >= 15 is 0 Å². The maximum absolute atomic E-state index is 11.6. The van der Waals surface area contributed by atoms with Crippen molar-refractivity contribution < 1.29 is 8.42 Å². The Morgan fingerprint density at radius 3 is 1.80 bits per heavy atom. The molecule has 0 heterocycles. The number of hydrogen-bond donors (Lipinski definition) is 1. The van der Waals surface area contributed by atoms with Crippen molar-refractivity contribution in [1.82, 2.24) is 0 Å². The molecule has 0 saturated carbocycles. The largest absolute Gasteiger partial charge is 0.328 e. The third kappa shape index (κ3) is 4.98. The first-order valence-corrected chi connectivity index (χ1v) is 7.37. The highest BCUT2D eigenvalue weighted by molar-refractivity contribution is 7.91. The second-order valence-electron chi connectivity index (χ2n) is 4.97. The van der Waals surface area contributed by atoms with Crippen LogP contribution in [-0.2, 0) is 9.84 Å². The summed E-state index contributed by atoms with van der Waals surface area (Å²) in [5.74, 6) is 0.987. The molecule has 2 unspecified atom stereocenters. The molecule has 0 rings (SSSR count). The highest BCUT2D eigenvalue weighted by Gasteiger charge is 2.22. The summed E-state index contributed by atoms with van der Waals surface area (Å²) < 4.78 is 23.3. The summed E-state index contributed by atoms with van der Waals surface area (Å²) in [7, 11) is -2.92. The van der Waals surface area contributed by atoms with E-state index in [2.05, 4.69) is 13.8 Å². The zero-order valence-corrected chi connectivity index (χ0v) is 11.3. The third-order valence-corrected chi connectivity index (χ3v) is 5.23. The fourth-order valence-electron chi connectivity index (χ4n) is 1.74. The summed E-state index contributed by atoms with van der Waals surface area (Å²) >= 11 is 0. The van der Waals surface area contributed by atoms with Gasteiger partial charge in [-0.25, -0.2) is 8.42 Å². The molecule has 0 aromatic rings. The number of nitrogens with two attached hydrogens (primary N) is 1. The zero-order valence-electron chi connectivity index (χ0n) is 10.5. The first-order chi connectivity index (χ1) is 6.68. The second kappa shape index (κ2) is 5.85. The van der Waals surface area contributed by atoms with Crippen LogP contribution in [0.5, 0.6) is 0 Å². The van der Waals surface area contributed by atoms with Crippen molar-refractivity contribution in [2.75, 3.05) is 5.75 Å². The third-order valence-electron chi connectivity index (χ3n) is 2.99. The van der Waals surface area contributed by atoms with Crippen LogP contribution < -0.4 is 5.73 Å². The molecule has 0 aromatic carbocycles. The summed E-state index contributed by atoms with van der Waals surface area (Å²) in [4.78, 5) is 0. The van der Waals surface area contributed by atoms with Crippen LogP contribution in [0.2, 0.25) is 0 Å². The fraction of sp³-hybridized carbons (Fsp3) is 1.00. The molecule has 0 amide bonds. The SMILES string of the molecule is CC(C)C(CCS(=O)(=O)C(C)C)C(C)N. The number of rotatable bonds is 6. The lowest BCUT2D eigenvalue weighted by Crippen LogP contribution is -2.33. The van der Waals surface area contributed by atoms with E-state index in [-0.39, 0.29) is 17.0 Å². The van der Waals surface area contributed by atoms with E-state index < -0.39 is 9.84 Å². The molecule has 0 aromatic heterocycles. The summed E-state index contributed by atoms with van der Waals surface area (Å²) in [6, 6.07) is 0.0624. The minimum atomic E-state index is -2.92. The van der Waals surface area contributed by atoms with Gasteiger partial charge in [-0.1, -0.05) is 13.8 Å². The predicted octanol–water partition coefficient (Wildman–Crippen LogP) is 1.82. The Labute approximate surface area is 94.4 Å². The van der Waals surface area contributed by atoms with Gasteiger partial charge in [0.25, 0.3) is 0 Å². The van der Waals surface area contributed by atoms with E-state index in [1.165, 1.54) is 0 Å². The molecule has 0 fully saturated rings. The Bertz CT molecular complexity index is 260. The van der Waals surface area contributed by atoms with Gasteiger partial charge < -0.3 is 5.73 Å². The summed E-state index contributed by atoms with van der Waals surface area (Å²) in [5.41, 5.74) is 5.85. The molecular formula is C11H25NO2S. The minimum absolute atomic E-state index is 0.0624. The van der Waals surface area contributed by atoms with Gasteiger partial charge in [0.05, 0.1) is 11.0 Å². The first kappa shape index (κ1) is 14.9. The number of sulfone groups is 1. The molecule has 2 N–H and O–H groups in total. The topological polar surface area (TPSA) is 60.2 Å². The summed E-state index contributed by atoms with van der Waals surface area (Å²) in [6.45, 7) is 9.59. The van der Waals surface area contributed by atoms with Crippen molar-refractivity contribution in [1.29, 1.82) is 0 Å². The molecule has 4 heteroatoms. The van der Waals surface area contributed by atoms with E-state index in [4.69, 9.17) is 5.73 Å². The van der Waals surface area contributed by atoms with Crippen molar-refractivity contribution in [2.24, 2.45) is 17.6 Å². The van der Waals surface area contributed by atoms with Crippen LogP contribution >= 0.6 is 0 Å². The van der Waals surface area contributed by atoms with Crippen LogP contribution in [0.25, 0.3) is 0 Å². The molecule has 0 aliphatic heterocycles. The van der Waals surface area contributed by atoms with Gasteiger partial charge in [0, 0.05) is 6.04 Å². The van der Waals surface area contributed by atoms with Crippen LogP contribution in [-0.4, -0.2) is 25.5 Å². The number of hydrogen-bond acceptors (Lipinski definition) is 3. The van der Waals surface area contributed by atoms with E-state index in [9.17, 15) is 8.42 Å². The van der Waals surface area contributed by atoms with Crippen molar-refractivity contribution in [3.05, 3.63) is 0 Å². The van der Waals surface area contributed by atoms with E-state index in [0.29, 0.717) is 18.3 Å². The van der Waals surface area contributed by atoms with Crippen LogP contribution in [0.4, 0.5) is 0 Å². The highest BCUT2D eigenvalue weighted by Crippen LogP contribution is 2.20. The van der Waals surface area contributed by atoms with Gasteiger partial charge in [-0.3, -0.25) is 0 Å². The van der Waals surface area contributed by atoms with Crippen molar-refractivity contribution >= 4 is 9.84 Å². The average Bonchev–Trinajstić information content (AvgIpc) is 2.02. The van der Waals surface area contributed by atoms with E-state index in [1.807, 2.05) is 6.92 Å². The Hall–Kier alpha value is -0.0900. The Morgan fingerprint density at radius 2 is 1.53 bits per heavy atom. The van der Waals surface area contributed by atoms with Gasteiger partial charge in [0.15, 0.2) is 9.84 Å². The molecule has 3 nitrogen and oxygen atoms in total. The molecule has 15 heavy (non-hydrogen) atoms. The molecule has 92 valence electrons. The van der Waals surface area contributed by atoms with Gasteiger partial charge >= 0.3 is 0 Å². The van der Waals surface area contributed by atoms with Crippen LogP contribution in [0.15, 0.2) is 0 Å². The average molecular weight is 235 g/mol. The summed E-state index contributed by atoms with van der Waals surface area (Å²) in [6.07, 6.45) is 0.676. The van der Waals surface area contributed by atoms with Crippen molar-refractivity contribution in [3.8, 4) is 0 Å². The Morgan fingerprint density at radius 1 is 1.07 bits per heavy atom. The second-order valence-corrected chi connectivity index (χ2v) is 7.65. The molecule has 0 aliphatic rings. The predicted molar refractivity (Wildman–Crippen MR) is 65.5 cm³/mol. The van der Waals surface area contributed by atoms with Crippen LogP contribution in [0.1, 0.15) is 41.0 Å². The van der Waals surface area contributed by atoms with E-state index in [0.717, 1.165) is 0 Å². The van der Waals surface area contributed by atoms with Gasteiger partial charge in [-0.15, -0.1) is 0 Å². The zero-order chi connectivity index (χ0) is 12.2. The quantitative estimate of drug-likeness (QED) is 0.764. The van der Waals surface area contributed by atoms with Crippen LogP contribution in [0, 0.1) is 11.8 Å². The van der Waals surface area contributed by atoms with Gasteiger partial charge in [-0.2, -0.15) is 0 Å². The van der Waals surface area contributed by atoms with E-state index in [1.54, 1.807) is 13.8 Å². The maximum Gasteiger partial charge on any atom is 0.152 e. The lowest BCUT2D eigenvalue weighted by molar-refractivity contribution is 0.322.